The molecule has 0 aromatic heterocycles. The van der Waals surface area contributed by atoms with Gasteiger partial charge in [-0.25, -0.2) is 4.79 Å². The Hall–Kier alpha value is -1.67. The largest absolute Gasteiger partial charge is 0.447 e. The highest BCUT2D eigenvalue weighted by Crippen LogP contribution is 2.35. The monoisotopic (exact) mass is 393 g/mol. The lowest BCUT2D eigenvalue weighted by Crippen LogP contribution is -2.53. The van der Waals surface area contributed by atoms with E-state index in [2.05, 4.69) is 0 Å². The summed E-state index contributed by atoms with van der Waals surface area (Å²) in [5.74, 6) is 0. The summed E-state index contributed by atoms with van der Waals surface area (Å²) in [6.45, 7) is 6.67. The molecule has 0 aliphatic carbocycles. The van der Waals surface area contributed by atoms with Gasteiger partial charge in [-0.2, -0.15) is 0 Å². The second kappa shape index (κ2) is 9.22. The molecule has 0 saturated carbocycles. The van der Waals surface area contributed by atoms with Crippen LogP contribution in [0.15, 0.2) is 30.3 Å². The van der Waals surface area contributed by atoms with E-state index in [0.717, 1.165) is 5.56 Å². The predicted molar refractivity (Wildman–Crippen MR) is 103 cm³/mol. The van der Waals surface area contributed by atoms with E-state index < -0.39 is 24.1 Å². The lowest BCUT2D eigenvalue weighted by Gasteiger charge is -2.37. The molecule has 3 rings (SSSR count). The fourth-order valence-electron chi connectivity index (χ4n) is 3.85. The first kappa shape index (κ1) is 21.0. The van der Waals surface area contributed by atoms with E-state index in [1.54, 1.807) is 4.90 Å². The van der Waals surface area contributed by atoms with E-state index in [-0.39, 0.29) is 18.9 Å². The molecule has 2 heterocycles. The lowest BCUT2D eigenvalue weighted by molar-refractivity contribution is -0.151. The summed E-state index contributed by atoms with van der Waals surface area (Å²) in [6, 6.07) is 9.55. The molecule has 1 aromatic carbocycles. The Bertz CT molecular complexity index is 633. The molecule has 2 saturated heterocycles. The highest BCUT2D eigenvalue weighted by atomic mass is 16.7. The van der Waals surface area contributed by atoms with Crippen molar-refractivity contribution in [1.82, 2.24) is 4.90 Å². The Morgan fingerprint density at radius 3 is 2.54 bits per heavy atom. The van der Waals surface area contributed by atoms with Gasteiger partial charge in [-0.05, 0) is 32.3 Å². The molecule has 7 heteroatoms. The molecule has 2 aliphatic rings. The van der Waals surface area contributed by atoms with Gasteiger partial charge in [0.1, 0.15) is 12.8 Å². The number of nitrogens with zero attached hydrogens (tertiary/aromatic N) is 1. The smallest absolute Gasteiger partial charge is 0.412 e. The van der Waals surface area contributed by atoms with E-state index in [9.17, 15) is 9.90 Å². The molecule has 28 heavy (non-hydrogen) atoms. The van der Waals surface area contributed by atoms with E-state index >= 15 is 0 Å². The number of aliphatic hydroxyl groups is 1. The molecule has 3 unspecified atom stereocenters. The van der Waals surface area contributed by atoms with Crippen LogP contribution in [0.5, 0.6) is 0 Å². The van der Waals surface area contributed by atoms with Crippen molar-refractivity contribution in [2.24, 2.45) is 0 Å². The maximum atomic E-state index is 12.7. The highest BCUT2D eigenvalue weighted by Gasteiger charge is 2.50. The van der Waals surface area contributed by atoms with Crippen molar-refractivity contribution in [2.45, 2.75) is 70.2 Å². The first-order chi connectivity index (χ1) is 13.4. The number of rotatable bonds is 7. The molecule has 2 fully saturated rings. The molecule has 1 amide bonds. The average molecular weight is 393 g/mol. The molecular formula is C21H31NO6. The third kappa shape index (κ3) is 4.84. The van der Waals surface area contributed by atoms with Crippen molar-refractivity contribution < 1.29 is 28.8 Å². The zero-order valence-corrected chi connectivity index (χ0v) is 16.9. The molecule has 7 nitrogen and oxygen atoms in total. The van der Waals surface area contributed by atoms with Crippen LogP contribution < -0.4 is 0 Å². The Balaban J connectivity index is 1.83. The number of amides is 1. The first-order valence-electron chi connectivity index (χ1n) is 10.0. The summed E-state index contributed by atoms with van der Waals surface area (Å²) >= 11 is 0. The van der Waals surface area contributed by atoms with Crippen molar-refractivity contribution in [3.63, 3.8) is 0 Å². The third-order valence-corrected chi connectivity index (χ3v) is 5.35. The Kier molecular flexibility index (Phi) is 6.93. The van der Waals surface area contributed by atoms with Crippen LogP contribution in [0, 0.1) is 0 Å². The van der Waals surface area contributed by atoms with Gasteiger partial charge in [0.25, 0.3) is 0 Å². The van der Waals surface area contributed by atoms with Gasteiger partial charge in [0, 0.05) is 6.42 Å². The molecule has 0 bridgehead atoms. The van der Waals surface area contributed by atoms with E-state index in [1.165, 1.54) is 0 Å². The van der Waals surface area contributed by atoms with Crippen LogP contribution in [0.1, 0.15) is 39.2 Å². The Morgan fingerprint density at radius 2 is 1.93 bits per heavy atom. The van der Waals surface area contributed by atoms with Crippen LogP contribution in [-0.2, 0) is 25.4 Å². The average Bonchev–Trinajstić information content (AvgIpc) is 3.32. The summed E-state index contributed by atoms with van der Waals surface area (Å²) in [7, 11) is 0. The Labute approximate surface area is 166 Å². The maximum Gasteiger partial charge on any atom is 0.412 e. The zero-order valence-electron chi connectivity index (χ0n) is 16.9. The van der Waals surface area contributed by atoms with Gasteiger partial charge in [-0.1, -0.05) is 37.3 Å². The van der Waals surface area contributed by atoms with Crippen molar-refractivity contribution in [3.8, 4) is 0 Å². The zero-order chi connectivity index (χ0) is 20.1. The van der Waals surface area contributed by atoms with Crippen LogP contribution in [0.4, 0.5) is 4.79 Å². The standard InChI is InChI=1S/C21H31NO6/c1-4-21(24,13-18-25-10-11-26-18)19-17(12-16-8-6-5-7-9-16)22(14-27-19)20(23)28-15(2)3/h5-9,15,17-19,24H,4,10-14H2,1-3H3. The van der Waals surface area contributed by atoms with Crippen molar-refractivity contribution in [3.05, 3.63) is 35.9 Å². The summed E-state index contributed by atoms with van der Waals surface area (Å²) in [4.78, 5) is 14.2. The fraction of sp³-hybridized carbons (Fsp3) is 0.667. The van der Waals surface area contributed by atoms with E-state index in [1.807, 2.05) is 51.1 Å². The van der Waals surface area contributed by atoms with Gasteiger partial charge in [-0.15, -0.1) is 0 Å². The number of carbonyl (C=O) groups is 1. The van der Waals surface area contributed by atoms with Crippen molar-refractivity contribution in [1.29, 1.82) is 0 Å². The first-order valence-corrected chi connectivity index (χ1v) is 10.0. The summed E-state index contributed by atoms with van der Waals surface area (Å²) < 4.78 is 22.5. The minimum atomic E-state index is -1.18. The second-order valence-corrected chi connectivity index (χ2v) is 7.71. The number of hydrogen-bond donors (Lipinski definition) is 1. The maximum absolute atomic E-state index is 12.7. The van der Waals surface area contributed by atoms with Crippen LogP contribution >= 0.6 is 0 Å². The van der Waals surface area contributed by atoms with E-state index in [0.29, 0.717) is 32.5 Å². The molecule has 0 radical (unpaired) electrons. The van der Waals surface area contributed by atoms with Crippen LogP contribution in [-0.4, -0.2) is 66.2 Å². The molecule has 1 N–H and O–H groups in total. The lowest BCUT2D eigenvalue weighted by atomic mass is 9.83. The molecule has 0 spiro atoms. The topological polar surface area (TPSA) is 77.5 Å². The molecule has 2 aliphatic heterocycles. The minimum Gasteiger partial charge on any atom is -0.447 e. The van der Waals surface area contributed by atoms with Crippen molar-refractivity contribution in [2.75, 3.05) is 19.9 Å². The normalized spacial score (nSPS) is 25.2. The number of benzene rings is 1. The third-order valence-electron chi connectivity index (χ3n) is 5.35. The fourth-order valence-corrected chi connectivity index (χ4v) is 3.85. The van der Waals surface area contributed by atoms with Crippen molar-refractivity contribution >= 4 is 6.09 Å². The van der Waals surface area contributed by atoms with Gasteiger partial charge < -0.3 is 24.1 Å². The highest BCUT2D eigenvalue weighted by molar-refractivity contribution is 5.68. The van der Waals surface area contributed by atoms with E-state index in [4.69, 9.17) is 18.9 Å². The SMILES string of the molecule is CCC(O)(CC1OCCO1)C1OCN(C(=O)OC(C)C)C1Cc1ccccc1. The number of ether oxygens (including phenoxy) is 4. The molecule has 156 valence electrons. The van der Waals surface area contributed by atoms with Gasteiger partial charge in [0.15, 0.2) is 6.29 Å². The molecule has 1 aromatic rings. The summed E-state index contributed by atoms with van der Waals surface area (Å²) in [5, 5.41) is 11.4. The van der Waals surface area contributed by atoms with Crippen LogP contribution in [0.2, 0.25) is 0 Å². The van der Waals surface area contributed by atoms with Crippen LogP contribution in [0.25, 0.3) is 0 Å². The predicted octanol–water partition coefficient (Wildman–Crippen LogP) is 2.71. The summed E-state index contributed by atoms with van der Waals surface area (Å²) in [5.41, 5.74) is -0.112. The molecule has 3 atom stereocenters. The second-order valence-electron chi connectivity index (χ2n) is 7.71. The number of hydrogen-bond acceptors (Lipinski definition) is 6. The summed E-state index contributed by atoms with van der Waals surface area (Å²) in [6.07, 6.45) is -0.355. The number of carbonyl (C=O) groups excluding carboxylic acids is 1. The van der Waals surface area contributed by atoms with Gasteiger partial charge in [-0.3, -0.25) is 4.90 Å². The molecular weight excluding hydrogens is 362 g/mol. The van der Waals surface area contributed by atoms with Gasteiger partial charge in [0.2, 0.25) is 0 Å². The van der Waals surface area contributed by atoms with Gasteiger partial charge >= 0.3 is 6.09 Å². The van der Waals surface area contributed by atoms with Crippen LogP contribution in [0.3, 0.4) is 0 Å². The van der Waals surface area contributed by atoms with Gasteiger partial charge in [0.05, 0.1) is 31.0 Å². The quantitative estimate of drug-likeness (QED) is 0.768. The Morgan fingerprint density at radius 1 is 1.25 bits per heavy atom. The minimum absolute atomic E-state index is 0.0857.